The van der Waals surface area contributed by atoms with Crippen LogP contribution in [0.5, 0.6) is 0 Å². The van der Waals surface area contributed by atoms with Gasteiger partial charge >= 0.3 is 0 Å². The maximum atomic E-state index is 11.2. The maximum Gasteiger partial charge on any atom is 0.250 e. The first-order valence-corrected chi connectivity index (χ1v) is 5.92. The van der Waals surface area contributed by atoms with Crippen LogP contribution < -0.4 is 16.8 Å². The summed E-state index contributed by atoms with van der Waals surface area (Å²) in [5.74, 6) is 0.0361. The highest BCUT2D eigenvalue weighted by Crippen LogP contribution is 2.24. The van der Waals surface area contributed by atoms with Crippen LogP contribution in [-0.4, -0.2) is 11.9 Å². The van der Waals surface area contributed by atoms with E-state index in [9.17, 15) is 4.79 Å². The number of carbonyl (C=O) groups excluding carboxylic acids is 1. The van der Waals surface area contributed by atoms with Crippen molar-refractivity contribution in [1.29, 1.82) is 0 Å². The van der Waals surface area contributed by atoms with Gasteiger partial charge in [-0.1, -0.05) is 26.3 Å². The summed E-state index contributed by atoms with van der Waals surface area (Å²) in [5, 5.41) is 3.32. The number of nitrogens with one attached hydrogen (secondary N) is 1. The number of nitrogen functional groups attached to an aromatic ring is 1. The molecule has 4 heteroatoms. The minimum Gasteiger partial charge on any atom is -0.396 e. The van der Waals surface area contributed by atoms with Gasteiger partial charge in [-0.05, 0) is 25.0 Å². The van der Waals surface area contributed by atoms with Crippen molar-refractivity contribution in [3.8, 4) is 0 Å². The van der Waals surface area contributed by atoms with Crippen molar-refractivity contribution in [2.45, 2.75) is 33.2 Å². The number of hydrogen-bond acceptors (Lipinski definition) is 3. The molecule has 0 bridgehead atoms. The van der Waals surface area contributed by atoms with Gasteiger partial charge in [-0.3, -0.25) is 4.79 Å². The summed E-state index contributed by atoms with van der Waals surface area (Å²) in [7, 11) is 0. The lowest BCUT2D eigenvalue weighted by Crippen LogP contribution is -2.24. The van der Waals surface area contributed by atoms with E-state index in [0.717, 1.165) is 12.1 Å². The zero-order chi connectivity index (χ0) is 13.0. The predicted octanol–water partition coefficient (Wildman–Crippen LogP) is 2.21. The summed E-state index contributed by atoms with van der Waals surface area (Å²) in [5.41, 5.74) is 12.7. The number of hydrogen-bond donors (Lipinski definition) is 3. The van der Waals surface area contributed by atoms with E-state index < -0.39 is 5.91 Å². The quantitative estimate of drug-likeness (QED) is 0.684. The van der Waals surface area contributed by atoms with Crippen LogP contribution in [0.4, 0.5) is 11.4 Å². The van der Waals surface area contributed by atoms with Gasteiger partial charge < -0.3 is 16.8 Å². The van der Waals surface area contributed by atoms with Crippen molar-refractivity contribution in [2.24, 2.45) is 11.7 Å². The zero-order valence-electron chi connectivity index (χ0n) is 10.7. The minimum atomic E-state index is -0.498. The molecule has 4 nitrogen and oxygen atoms in total. The van der Waals surface area contributed by atoms with Gasteiger partial charge in [-0.25, -0.2) is 0 Å². The Bertz CT molecular complexity index is 404. The Morgan fingerprint density at radius 2 is 2.06 bits per heavy atom. The highest BCUT2D eigenvalue weighted by molar-refractivity contribution is 6.00. The molecule has 2 atom stereocenters. The third-order valence-electron chi connectivity index (χ3n) is 3.25. The molecule has 0 aliphatic carbocycles. The van der Waals surface area contributed by atoms with Crippen LogP contribution in [0.25, 0.3) is 0 Å². The van der Waals surface area contributed by atoms with E-state index in [1.165, 1.54) is 0 Å². The fourth-order valence-corrected chi connectivity index (χ4v) is 1.65. The number of para-hydroxylation sites is 1. The normalized spacial score (nSPS) is 14.1. The summed E-state index contributed by atoms with van der Waals surface area (Å²) in [6, 6.07) is 5.57. The SMILES string of the molecule is CCC(C)C(C)Nc1cccc(C(N)=O)c1N. The molecule has 0 aliphatic heterocycles. The van der Waals surface area contributed by atoms with E-state index in [0.29, 0.717) is 23.2 Å². The standard InChI is InChI=1S/C13H21N3O/c1-4-8(2)9(3)16-11-7-5-6-10(12(11)14)13(15)17/h5-9,16H,4,14H2,1-3H3,(H2,15,17). The first-order chi connectivity index (χ1) is 7.97. The molecular weight excluding hydrogens is 214 g/mol. The van der Waals surface area contributed by atoms with Crippen molar-refractivity contribution < 1.29 is 4.79 Å². The van der Waals surface area contributed by atoms with Gasteiger partial charge in [-0.2, -0.15) is 0 Å². The minimum absolute atomic E-state index is 0.297. The van der Waals surface area contributed by atoms with E-state index in [-0.39, 0.29) is 0 Å². The Hall–Kier alpha value is -1.71. The van der Waals surface area contributed by atoms with Crippen LogP contribution in [0, 0.1) is 5.92 Å². The van der Waals surface area contributed by atoms with E-state index in [1.54, 1.807) is 12.1 Å². The molecule has 0 heterocycles. The Kier molecular flexibility index (Phi) is 4.37. The molecule has 1 aromatic carbocycles. The van der Waals surface area contributed by atoms with Gasteiger partial charge in [0.05, 0.1) is 16.9 Å². The number of rotatable bonds is 5. The number of primary amides is 1. The summed E-state index contributed by atoms with van der Waals surface area (Å²) >= 11 is 0. The highest BCUT2D eigenvalue weighted by Gasteiger charge is 2.14. The second-order valence-corrected chi connectivity index (χ2v) is 4.45. The Morgan fingerprint density at radius 1 is 1.41 bits per heavy atom. The van der Waals surface area contributed by atoms with Crippen LogP contribution in [0.1, 0.15) is 37.6 Å². The molecule has 0 aliphatic rings. The maximum absolute atomic E-state index is 11.2. The smallest absolute Gasteiger partial charge is 0.250 e. The molecule has 0 radical (unpaired) electrons. The lowest BCUT2D eigenvalue weighted by atomic mass is 10.00. The van der Waals surface area contributed by atoms with Crippen LogP contribution in [0.3, 0.4) is 0 Å². The molecule has 0 aromatic heterocycles. The average Bonchev–Trinajstić information content (AvgIpc) is 2.30. The Balaban J connectivity index is 2.92. The van der Waals surface area contributed by atoms with Crippen LogP contribution in [0.2, 0.25) is 0 Å². The van der Waals surface area contributed by atoms with E-state index in [2.05, 4.69) is 26.1 Å². The number of nitrogens with two attached hydrogens (primary N) is 2. The first-order valence-electron chi connectivity index (χ1n) is 5.92. The molecule has 5 N–H and O–H groups in total. The monoisotopic (exact) mass is 235 g/mol. The second kappa shape index (κ2) is 5.57. The lowest BCUT2D eigenvalue weighted by Gasteiger charge is -2.22. The van der Waals surface area contributed by atoms with Gasteiger partial charge in [0.25, 0.3) is 5.91 Å². The van der Waals surface area contributed by atoms with Gasteiger partial charge in [0.1, 0.15) is 0 Å². The molecule has 2 unspecified atom stereocenters. The number of anilines is 2. The largest absolute Gasteiger partial charge is 0.396 e. The van der Waals surface area contributed by atoms with Gasteiger partial charge in [0, 0.05) is 6.04 Å². The predicted molar refractivity (Wildman–Crippen MR) is 71.9 cm³/mol. The molecule has 1 aromatic rings. The summed E-state index contributed by atoms with van der Waals surface area (Å²) in [6.45, 7) is 6.42. The van der Waals surface area contributed by atoms with Crippen LogP contribution >= 0.6 is 0 Å². The Labute approximate surface area is 102 Å². The molecule has 0 saturated carbocycles. The second-order valence-electron chi connectivity index (χ2n) is 4.45. The topological polar surface area (TPSA) is 81.1 Å². The van der Waals surface area contributed by atoms with Gasteiger partial charge in [0.2, 0.25) is 0 Å². The number of benzene rings is 1. The molecule has 94 valence electrons. The van der Waals surface area contributed by atoms with Crippen LogP contribution in [0.15, 0.2) is 18.2 Å². The van der Waals surface area contributed by atoms with Crippen molar-refractivity contribution in [3.05, 3.63) is 23.8 Å². The fraction of sp³-hybridized carbons (Fsp3) is 0.462. The summed E-state index contributed by atoms with van der Waals surface area (Å²) < 4.78 is 0. The third-order valence-corrected chi connectivity index (χ3v) is 3.25. The molecule has 1 amide bonds. The molecule has 1 rings (SSSR count). The lowest BCUT2D eigenvalue weighted by molar-refractivity contribution is 0.100. The summed E-state index contributed by atoms with van der Waals surface area (Å²) in [6.07, 6.45) is 1.09. The number of carbonyl (C=O) groups is 1. The third kappa shape index (κ3) is 3.12. The van der Waals surface area contributed by atoms with Gasteiger partial charge in [0.15, 0.2) is 0 Å². The Morgan fingerprint density at radius 3 is 2.59 bits per heavy atom. The molecule has 17 heavy (non-hydrogen) atoms. The zero-order valence-corrected chi connectivity index (χ0v) is 10.7. The van der Waals surface area contributed by atoms with E-state index >= 15 is 0 Å². The molecule has 0 saturated heterocycles. The van der Waals surface area contributed by atoms with Crippen molar-refractivity contribution in [3.63, 3.8) is 0 Å². The molecular formula is C13H21N3O. The van der Waals surface area contributed by atoms with Crippen molar-refractivity contribution in [2.75, 3.05) is 11.1 Å². The summed E-state index contributed by atoms with van der Waals surface area (Å²) in [4.78, 5) is 11.2. The van der Waals surface area contributed by atoms with Crippen LogP contribution in [-0.2, 0) is 0 Å². The highest BCUT2D eigenvalue weighted by atomic mass is 16.1. The average molecular weight is 235 g/mol. The first kappa shape index (κ1) is 13.4. The van der Waals surface area contributed by atoms with E-state index in [4.69, 9.17) is 11.5 Å². The van der Waals surface area contributed by atoms with Crippen molar-refractivity contribution >= 4 is 17.3 Å². The fourth-order valence-electron chi connectivity index (χ4n) is 1.65. The van der Waals surface area contributed by atoms with Crippen molar-refractivity contribution in [1.82, 2.24) is 0 Å². The van der Waals surface area contributed by atoms with Gasteiger partial charge in [-0.15, -0.1) is 0 Å². The molecule has 0 spiro atoms. The molecule has 0 fully saturated rings. The number of amides is 1. The van der Waals surface area contributed by atoms with E-state index in [1.807, 2.05) is 6.07 Å².